The fourth-order valence-corrected chi connectivity index (χ4v) is 10.9. The van der Waals surface area contributed by atoms with Gasteiger partial charge in [0.25, 0.3) is 0 Å². The molecule has 290 valence electrons. The van der Waals surface area contributed by atoms with Gasteiger partial charge in [-0.25, -0.2) is 0 Å². The Balaban J connectivity index is 0.995. The van der Waals surface area contributed by atoms with Crippen LogP contribution in [0.1, 0.15) is 0 Å². The summed E-state index contributed by atoms with van der Waals surface area (Å²) in [4.78, 5) is 2.43. The molecule has 4 heteroatoms. The lowest BCUT2D eigenvalue weighted by atomic mass is 9.98. The number of benzene rings is 10. The van der Waals surface area contributed by atoms with Gasteiger partial charge in [-0.05, 0) is 101 Å². The Morgan fingerprint density at radius 2 is 1.06 bits per heavy atom. The van der Waals surface area contributed by atoms with Crippen LogP contribution >= 0.6 is 11.3 Å². The highest BCUT2D eigenvalue weighted by molar-refractivity contribution is 7.25. The monoisotopic (exact) mass is 808 g/mol. The van der Waals surface area contributed by atoms with Crippen molar-refractivity contribution in [2.45, 2.75) is 0 Å². The van der Waals surface area contributed by atoms with Crippen LogP contribution in [0.4, 0.5) is 17.1 Å². The van der Waals surface area contributed by atoms with Crippen molar-refractivity contribution in [3.8, 4) is 27.9 Å². The number of rotatable bonds is 6. The molecule has 0 aliphatic heterocycles. The van der Waals surface area contributed by atoms with Crippen LogP contribution in [0, 0.1) is 0 Å². The maximum atomic E-state index is 6.77. The lowest BCUT2D eigenvalue weighted by Crippen LogP contribution is -2.11. The molecule has 13 aromatic rings. The van der Waals surface area contributed by atoms with Gasteiger partial charge in [0.2, 0.25) is 0 Å². The maximum absolute atomic E-state index is 6.77. The molecule has 0 unspecified atom stereocenters. The molecule has 0 radical (unpaired) electrons. The summed E-state index contributed by atoms with van der Waals surface area (Å²) in [6, 6.07) is 79.2. The van der Waals surface area contributed by atoms with Crippen LogP contribution in [-0.2, 0) is 0 Å². The molecule has 0 fully saturated rings. The number of fused-ring (bicyclic) bond motifs is 11. The Bertz CT molecular complexity index is 3830. The third kappa shape index (κ3) is 5.37. The topological polar surface area (TPSA) is 21.3 Å². The quantitative estimate of drug-likeness (QED) is 0.167. The van der Waals surface area contributed by atoms with E-state index in [0.29, 0.717) is 0 Å². The summed E-state index contributed by atoms with van der Waals surface area (Å²) in [6.07, 6.45) is 0. The first-order chi connectivity index (χ1) is 30.7. The number of aromatic nitrogens is 1. The molecule has 0 bridgehead atoms. The Labute approximate surface area is 361 Å². The number of hydrogen-bond donors (Lipinski definition) is 0. The molecular weight excluding hydrogens is 773 g/mol. The van der Waals surface area contributed by atoms with E-state index in [1.165, 1.54) is 47.5 Å². The lowest BCUT2D eigenvalue weighted by molar-refractivity contribution is 0.672. The van der Waals surface area contributed by atoms with Crippen LogP contribution in [0.25, 0.3) is 103 Å². The highest BCUT2D eigenvalue weighted by Gasteiger charge is 2.23. The lowest BCUT2D eigenvalue weighted by Gasteiger charge is -2.28. The molecule has 10 aromatic carbocycles. The summed E-state index contributed by atoms with van der Waals surface area (Å²) in [7, 11) is 0. The van der Waals surface area contributed by atoms with Crippen LogP contribution in [0.15, 0.2) is 223 Å². The summed E-state index contributed by atoms with van der Waals surface area (Å²) in [5.74, 6) is 0. The van der Waals surface area contributed by atoms with Gasteiger partial charge in [-0.2, -0.15) is 0 Å². The number of thiophene rings is 1. The molecule has 3 nitrogen and oxygen atoms in total. The van der Waals surface area contributed by atoms with E-state index in [9.17, 15) is 0 Å². The molecule has 3 aromatic heterocycles. The van der Waals surface area contributed by atoms with E-state index in [-0.39, 0.29) is 0 Å². The van der Waals surface area contributed by atoms with Crippen molar-refractivity contribution in [1.29, 1.82) is 0 Å². The van der Waals surface area contributed by atoms with Gasteiger partial charge in [-0.15, -0.1) is 11.3 Å². The van der Waals surface area contributed by atoms with Crippen LogP contribution in [-0.4, -0.2) is 4.57 Å². The molecule has 0 N–H and O–H groups in total. The average Bonchev–Trinajstić information content (AvgIpc) is 4.02. The minimum atomic E-state index is 0.862. The van der Waals surface area contributed by atoms with Gasteiger partial charge in [-0.3, -0.25) is 0 Å². The second kappa shape index (κ2) is 13.8. The van der Waals surface area contributed by atoms with Gasteiger partial charge in [0.15, 0.2) is 0 Å². The highest BCUT2D eigenvalue weighted by atomic mass is 32.1. The average molecular weight is 809 g/mol. The van der Waals surface area contributed by atoms with E-state index in [2.05, 4.69) is 228 Å². The Kier molecular flexibility index (Phi) is 7.78. The molecule has 0 saturated heterocycles. The standard InChI is InChI=1S/C58H36N2OS/c1-2-17-44-38(13-1)29-33-48-57-53(24-12-25-54(57)61-58(44)48)59(50-21-7-3-16-43(50)40-30-34-56-49(36-40)47-20-6-10-26-55(47)62-56)41-31-27-37(28-32-41)39-14-11-15-42(35-39)60-51-22-8-4-18-45(51)46-19-5-9-23-52(46)60/h1-36H. The van der Waals surface area contributed by atoms with E-state index in [1.807, 2.05) is 11.3 Å². The van der Waals surface area contributed by atoms with E-state index in [1.54, 1.807) is 0 Å². The van der Waals surface area contributed by atoms with Crippen molar-refractivity contribution >= 4 is 103 Å². The molecule has 0 saturated carbocycles. The van der Waals surface area contributed by atoms with Crippen molar-refractivity contribution in [1.82, 2.24) is 4.57 Å². The Morgan fingerprint density at radius 1 is 0.403 bits per heavy atom. The fraction of sp³-hybridized carbons (Fsp3) is 0. The van der Waals surface area contributed by atoms with E-state index >= 15 is 0 Å². The molecular formula is C58H36N2OS. The SMILES string of the molecule is c1cc(-c2ccc(N(c3ccccc3-c3ccc4sc5ccccc5c4c3)c3cccc4oc5c6ccccc6ccc5c34)cc2)cc(-n2c3ccccc3c3ccccc32)c1. The first-order valence-corrected chi connectivity index (χ1v) is 21.9. The van der Waals surface area contributed by atoms with Gasteiger partial charge in [-0.1, -0.05) is 140 Å². The Morgan fingerprint density at radius 3 is 1.90 bits per heavy atom. The molecule has 0 spiro atoms. The van der Waals surface area contributed by atoms with Crippen LogP contribution in [0.5, 0.6) is 0 Å². The fourth-order valence-electron chi connectivity index (χ4n) is 9.76. The van der Waals surface area contributed by atoms with E-state index in [4.69, 9.17) is 4.42 Å². The predicted octanol–water partition coefficient (Wildman–Crippen LogP) is 17.0. The van der Waals surface area contributed by atoms with Gasteiger partial charge >= 0.3 is 0 Å². The highest BCUT2D eigenvalue weighted by Crippen LogP contribution is 2.48. The molecule has 62 heavy (non-hydrogen) atoms. The number of nitrogens with zero attached hydrogens (tertiary/aromatic N) is 2. The summed E-state index contributed by atoms with van der Waals surface area (Å²) in [5, 5.41) is 9.56. The van der Waals surface area contributed by atoms with Crippen LogP contribution < -0.4 is 4.90 Å². The third-order valence-electron chi connectivity index (χ3n) is 12.6. The summed E-state index contributed by atoms with van der Waals surface area (Å²) < 4.78 is 11.8. The second-order valence-corrected chi connectivity index (χ2v) is 17.1. The van der Waals surface area contributed by atoms with Crippen LogP contribution in [0.3, 0.4) is 0 Å². The largest absolute Gasteiger partial charge is 0.455 e. The number of hydrogen-bond acceptors (Lipinski definition) is 3. The number of anilines is 3. The van der Waals surface area contributed by atoms with Crippen molar-refractivity contribution in [3.05, 3.63) is 218 Å². The predicted molar refractivity (Wildman–Crippen MR) is 264 cm³/mol. The molecule has 0 aliphatic carbocycles. The second-order valence-electron chi connectivity index (χ2n) is 16.0. The number of para-hydroxylation sites is 3. The van der Waals surface area contributed by atoms with Gasteiger partial charge in [0, 0.05) is 58.7 Å². The van der Waals surface area contributed by atoms with E-state index in [0.717, 1.165) is 72.2 Å². The smallest absolute Gasteiger partial charge is 0.143 e. The van der Waals surface area contributed by atoms with Crippen molar-refractivity contribution in [3.63, 3.8) is 0 Å². The zero-order valence-corrected chi connectivity index (χ0v) is 34.3. The van der Waals surface area contributed by atoms with Gasteiger partial charge < -0.3 is 13.9 Å². The first-order valence-electron chi connectivity index (χ1n) is 21.1. The van der Waals surface area contributed by atoms with Crippen LogP contribution in [0.2, 0.25) is 0 Å². The van der Waals surface area contributed by atoms with Crippen molar-refractivity contribution in [2.75, 3.05) is 4.90 Å². The molecule has 0 aliphatic rings. The molecule has 3 heterocycles. The van der Waals surface area contributed by atoms with E-state index < -0.39 is 0 Å². The molecule has 13 rings (SSSR count). The summed E-state index contributed by atoms with van der Waals surface area (Å²) in [6.45, 7) is 0. The van der Waals surface area contributed by atoms with Crippen molar-refractivity contribution < 1.29 is 4.42 Å². The van der Waals surface area contributed by atoms with Gasteiger partial charge in [0.05, 0.1) is 27.8 Å². The maximum Gasteiger partial charge on any atom is 0.143 e. The summed E-state index contributed by atoms with van der Waals surface area (Å²) >= 11 is 1.85. The minimum absolute atomic E-state index is 0.862. The molecule has 0 atom stereocenters. The zero-order valence-electron chi connectivity index (χ0n) is 33.5. The first kappa shape index (κ1) is 34.9. The third-order valence-corrected chi connectivity index (χ3v) is 13.7. The Hall–Kier alpha value is -7.92. The summed E-state index contributed by atoms with van der Waals surface area (Å²) in [5.41, 5.74) is 13.2. The minimum Gasteiger partial charge on any atom is -0.455 e. The normalized spacial score (nSPS) is 11.9. The van der Waals surface area contributed by atoms with Crippen molar-refractivity contribution in [2.24, 2.45) is 0 Å². The number of furan rings is 1. The zero-order chi connectivity index (χ0) is 40.7. The molecule has 0 amide bonds. The van der Waals surface area contributed by atoms with Gasteiger partial charge in [0.1, 0.15) is 11.2 Å².